The van der Waals surface area contributed by atoms with Gasteiger partial charge < -0.3 is 20.4 Å². The zero-order chi connectivity index (χ0) is 18.8. The van der Waals surface area contributed by atoms with Crippen molar-refractivity contribution in [1.82, 2.24) is 20.4 Å². The highest BCUT2D eigenvalue weighted by atomic mass is 15.2. The first-order valence-electron chi connectivity index (χ1n) is 11.1. The van der Waals surface area contributed by atoms with Crippen molar-refractivity contribution in [3.63, 3.8) is 0 Å². The minimum Gasteiger partial charge on any atom is -0.357 e. The molecule has 0 spiro atoms. The molecule has 2 aliphatic rings. The molecule has 0 aliphatic carbocycles. The van der Waals surface area contributed by atoms with Gasteiger partial charge in [-0.25, -0.2) is 0 Å². The summed E-state index contributed by atoms with van der Waals surface area (Å²) in [6, 6.07) is 0.574. The van der Waals surface area contributed by atoms with Crippen molar-refractivity contribution in [2.45, 2.75) is 65.8 Å². The molecule has 0 radical (unpaired) electrons. The van der Waals surface area contributed by atoms with E-state index in [4.69, 9.17) is 4.99 Å². The maximum absolute atomic E-state index is 4.95. The summed E-state index contributed by atoms with van der Waals surface area (Å²) in [5, 5.41) is 7.16. The van der Waals surface area contributed by atoms with Gasteiger partial charge in [-0.3, -0.25) is 4.99 Å². The normalized spacial score (nSPS) is 24.2. The van der Waals surface area contributed by atoms with Crippen LogP contribution in [-0.4, -0.2) is 74.2 Å². The first-order chi connectivity index (χ1) is 12.6. The summed E-state index contributed by atoms with van der Waals surface area (Å²) in [6.07, 6.45) is 6.38. The predicted molar refractivity (Wildman–Crippen MR) is 113 cm³/mol. The molecule has 5 nitrogen and oxygen atoms in total. The van der Waals surface area contributed by atoms with Gasteiger partial charge in [0.1, 0.15) is 0 Å². The SMILES string of the molecule is CCCN1CCC(NC(=NCC2CCCN(CC(C)C)C2)NCC)CC1. The summed E-state index contributed by atoms with van der Waals surface area (Å²) in [6.45, 7) is 18.4. The topological polar surface area (TPSA) is 42.9 Å². The van der Waals surface area contributed by atoms with E-state index in [-0.39, 0.29) is 0 Å². The third-order valence-electron chi connectivity index (χ3n) is 5.55. The molecule has 2 fully saturated rings. The minimum atomic E-state index is 0.574. The van der Waals surface area contributed by atoms with Crippen LogP contribution >= 0.6 is 0 Å². The molecule has 5 heteroatoms. The summed E-state index contributed by atoms with van der Waals surface area (Å²) in [7, 11) is 0. The molecule has 1 unspecified atom stereocenters. The van der Waals surface area contributed by atoms with Gasteiger partial charge in [-0.15, -0.1) is 0 Å². The predicted octanol–water partition coefficient (Wildman–Crippen LogP) is 2.78. The highest BCUT2D eigenvalue weighted by Crippen LogP contribution is 2.18. The lowest BCUT2D eigenvalue weighted by molar-refractivity contribution is 0.162. The van der Waals surface area contributed by atoms with Gasteiger partial charge in [-0.05, 0) is 64.0 Å². The van der Waals surface area contributed by atoms with Crippen molar-refractivity contribution < 1.29 is 0 Å². The second-order valence-corrected chi connectivity index (χ2v) is 8.64. The van der Waals surface area contributed by atoms with Gasteiger partial charge in [0.2, 0.25) is 0 Å². The highest BCUT2D eigenvalue weighted by molar-refractivity contribution is 5.80. The van der Waals surface area contributed by atoms with Crippen LogP contribution in [0.15, 0.2) is 4.99 Å². The molecule has 0 aromatic rings. The molecule has 1 atom stereocenters. The molecule has 2 heterocycles. The number of guanidine groups is 1. The van der Waals surface area contributed by atoms with Gasteiger partial charge in [0, 0.05) is 45.3 Å². The average Bonchev–Trinajstić information content (AvgIpc) is 2.61. The van der Waals surface area contributed by atoms with E-state index in [9.17, 15) is 0 Å². The lowest BCUT2D eigenvalue weighted by atomic mass is 9.97. The second kappa shape index (κ2) is 11.8. The molecule has 0 saturated carbocycles. The molecule has 0 aromatic heterocycles. The molecule has 2 aliphatic heterocycles. The van der Waals surface area contributed by atoms with Gasteiger partial charge in [0.05, 0.1) is 0 Å². The Balaban J connectivity index is 1.79. The van der Waals surface area contributed by atoms with Crippen LogP contribution in [0.1, 0.15) is 59.8 Å². The van der Waals surface area contributed by atoms with Crippen LogP contribution in [0.5, 0.6) is 0 Å². The zero-order valence-electron chi connectivity index (χ0n) is 17.8. The molecule has 152 valence electrons. The van der Waals surface area contributed by atoms with E-state index in [1.54, 1.807) is 0 Å². The smallest absolute Gasteiger partial charge is 0.191 e. The summed E-state index contributed by atoms with van der Waals surface area (Å²) >= 11 is 0. The Kier molecular flexibility index (Phi) is 9.76. The van der Waals surface area contributed by atoms with E-state index < -0.39 is 0 Å². The zero-order valence-corrected chi connectivity index (χ0v) is 17.8. The standard InChI is InChI=1S/C21H43N5/c1-5-11-25-13-9-20(10-14-25)24-21(22-6-2)23-15-19-8-7-12-26(17-19)16-18(3)4/h18-20H,5-17H2,1-4H3,(H2,22,23,24). The van der Waals surface area contributed by atoms with E-state index >= 15 is 0 Å². The lowest BCUT2D eigenvalue weighted by Gasteiger charge is -2.34. The number of nitrogens with one attached hydrogen (secondary N) is 2. The van der Waals surface area contributed by atoms with Crippen molar-refractivity contribution in [2.75, 3.05) is 52.4 Å². The van der Waals surface area contributed by atoms with Crippen molar-refractivity contribution >= 4 is 5.96 Å². The summed E-state index contributed by atoms with van der Waals surface area (Å²) < 4.78 is 0. The summed E-state index contributed by atoms with van der Waals surface area (Å²) in [4.78, 5) is 10.2. The Morgan fingerprint density at radius 1 is 1.08 bits per heavy atom. The molecular formula is C21H43N5. The van der Waals surface area contributed by atoms with Crippen LogP contribution in [-0.2, 0) is 0 Å². The monoisotopic (exact) mass is 365 g/mol. The van der Waals surface area contributed by atoms with Gasteiger partial charge >= 0.3 is 0 Å². The fraction of sp³-hybridized carbons (Fsp3) is 0.952. The second-order valence-electron chi connectivity index (χ2n) is 8.64. The molecular weight excluding hydrogens is 322 g/mol. The van der Waals surface area contributed by atoms with Crippen molar-refractivity contribution in [3.8, 4) is 0 Å². The molecule has 2 rings (SSSR count). The van der Waals surface area contributed by atoms with E-state index in [2.05, 4.69) is 48.1 Å². The Bertz CT molecular complexity index is 401. The average molecular weight is 366 g/mol. The number of hydrogen-bond donors (Lipinski definition) is 2. The molecule has 2 saturated heterocycles. The van der Waals surface area contributed by atoms with Gasteiger partial charge in [-0.1, -0.05) is 20.8 Å². The van der Waals surface area contributed by atoms with Crippen LogP contribution in [0.3, 0.4) is 0 Å². The van der Waals surface area contributed by atoms with Crippen molar-refractivity contribution in [1.29, 1.82) is 0 Å². The summed E-state index contributed by atoms with van der Waals surface area (Å²) in [5.74, 6) is 2.50. The number of hydrogen-bond acceptors (Lipinski definition) is 3. The number of rotatable bonds is 8. The fourth-order valence-electron chi connectivity index (χ4n) is 4.33. The quantitative estimate of drug-likeness (QED) is 0.513. The molecule has 0 aromatic carbocycles. The van der Waals surface area contributed by atoms with Crippen LogP contribution in [0.2, 0.25) is 0 Å². The Hall–Kier alpha value is -0.810. The number of nitrogens with zero attached hydrogens (tertiary/aromatic N) is 3. The Morgan fingerprint density at radius 3 is 2.50 bits per heavy atom. The van der Waals surface area contributed by atoms with E-state index in [1.165, 1.54) is 71.4 Å². The van der Waals surface area contributed by atoms with Crippen molar-refractivity contribution in [2.24, 2.45) is 16.8 Å². The minimum absolute atomic E-state index is 0.574. The maximum Gasteiger partial charge on any atom is 0.191 e. The molecule has 0 amide bonds. The van der Waals surface area contributed by atoms with E-state index in [0.717, 1.165) is 25.0 Å². The van der Waals surface area contributed by atoms with Crippen LogP contribution in [0, 0.1) is 11.8 Å². The molecule has 2 N–H and O–H groups in total. The third kappa shape index (κ3) is 7.83. The Morgan fingerprint density at radius 2 is 1.85 bits per heavy atom. The first kappa shape index (κ1) is 21.5. The fourth-order valence-corrected chi connectivity index (χ4v) is 4.33. The van der Waals surface area contributed by atoms with Gasteiger partial charge in [0.15, 0.2) is 5.96 Å². The third-order valence-corrected chi connectivity index (χ3v) is 5.55. The Labute approximate surface area is 162 Å². The summed E-state index contributed by atoms with van der Waals surface area (Å²) in [5.41, 5.74) is 0. The number of aliphatic imine (C=N–C) groups is 1. The molecule has 26 heavy (non-hydrogen) atoms. The number of piperidine rings is 2. The van der Waals surface area contributed by atoms with E-state index in [0.29, 0.717) is 12.0 Å². The highest BCUT2D eigenvalue weighted by Gasteiger charge is 2.22. The largest absolute Gasteiger partial charge is 0.357 e. The van der Waals surface area contributed by atoms with Crippen LogP contribution in [0.25, 0.3) is 0 Å². The van der Waals surface area contributed by atoms with Crippen molar-refractivity contribution in [3.05, 3.63) is 0 Å². The number of likely N-dealkylation sites (tertiary alicyclic amines) is 2. The van der Waals surface area contributed by atoms with Gasteiger partial charge in [0.25, 0.3) is 0 Å². The maximum atomic E-state index is 4.95. The van der Waals surface area contributed by atoms with Gasteiger partial charge in [-0.2, -0.15) is 0 Å². The van der Waals surface area contributed by atoms with Crippen LogP contribution in [0.4, 0.5) is 0 Å². The molecule has 0 bridgehead atoms. The van der Waals surface area contributed by atoms with E-state index in [1.807, 2.05) is 0 Å². The first-order valence-corrected chi connectivity index (χ1v) is 11.1. The van der Waals surface area contributed by atoms with Crippen LogP contribution < -0.4 is 10.6 Å². The lowest BCUT2D eigenvalue weighted by Crippen LogP contribution is -2.49.